The number of rotatable bonds is 3. The van der Waals surface area contributed by atoms with Gasteiger partial charge in [-0.2, -0.15) is 0 Å². The first-order valence-corrected chi connectivity index (χ1v) is 8.98. The topological polar surface area (TPSA) is 12.0 Å². The Kier molecular flexibility index (Phi) is 4.52. The van der Waals surface area contributed by atoms with Crippen molar-refractivity contribution in [2.24, 2.45) is 5.41 Å². The van der Waals surface area contributed by atoms with E-state index < -0.39 is 0 Å². The lowest BCUT2D eigenvalue weighted by Gasteiger charge is -2.38. The lowest BCUT2D eigenvalue weighted by atomic mass is 9.71. The van der Waals surface area contributed by atoms with Crippen LogP contribution in [-0.2, 0) is 0 Å². The molecule has 0 unspecified atom stereocenters. The highest BCUT2D eigenvalue weighted by Crippen LogP contribution is 2.49. The summed E-state index contributed by atoms with van der Waals surface area (Å²) in [5.74, 6) is 0. The summed E-state index contributed by atoms with van der Waals surface area (Å²) in [6, 6.07) is 9.86. The van der Waals surface area contributed by atoms with E-state index in [1.54, 1.807) is 0 Å². The van der Waals surface area contributed by atoms with Crippen molar-refractivity contribution in [2.75, 3.05) is 0 Å². The second-order valence-corrected chi connectivity index (χ2v) is 7.84. The van der Waals surface area contributed by atoms with Gasteiger partial charge < -0.3 is 5.32 Å². The molecule has 0 saturated heterocycles. The maximum Gasteiger partial charge on any atom is 0.0294 e. The van der Waals surface area contributed by atoms with Gasteiger partial charge in [-0.3, -0.25) is 0 Å². The summed E-state index contributed by atoms with van der Waals surface area (Å²) in [6.07, 6.45) is 11.6. The Hall–Kier alpha value is -0.340. The van der Waals surface area contributed by atoms with Crippen LogP contribution in [0.15, 0.2) is 28.7 Å². The molecule has 1 atom stereocenters. The van der Waals surface area contributed by atoms with Gasteiger partial charge in [-0.25, -0.2) is 0 Å². The van der Waals surface area contributed by atoms with Crippen LogP contribution >= 0.6 is 15.9 Å². The summed E-state index contributed by atoms with van der Waals surface area (Å²) in [5.41, 5.74) is 2.14. The van der Waals surface area contributed by atoms with Gasteiger partial charge in [0.05, 0.1) is 0 Å². The molecule has 0 aliphatic heterocycles. The Morgan fingerprint density at radius 3 is 2.50 bits per heavy atom. The molecule has 0 aromatic heterocycles. The van der Waals surface area contributed by atoms with Crippen molar-refractivity contribution in [3.63, 3.8) is 0 Å². The number of hydrogen-bond donors (Lipinski definition) is 1. The zero-order valence-electron chi connectivity index (χ0n) is 12.5. The van der Waals surface area contributed by atoms with Crippen molar-refractivity contribution >= 4 is 15.9 Å². The second kappa shape index (κ2) is 6.19. The van der Waals surface area contributed by atoms with Crippen LogP contribution in [0.25, 0.3) is 0 Å². The van der Waals surface area contributed by atoms with Crippen molar-refractivity contribution < 1.29 is 0 Å². The van der Waals surface area contributed by atoms with E-state index in [9.17, 15) is 0 Å². The fourth-order valence-electron chi connectivity index (χ4n) is 4.25. The summed E-state index contributed by atoms with van der Waals surface area (Å²) in [5, 5.41) is 3.85. The molecule has 2 saturated carbocycles. The van der Waals surface area contributed by atoms with Crippen molar-refractivity contribution in [2.45, 2.75) is 70.4 Å². The third-order valence-electron chi connectivity index (χ3n) is 5.54. The van der Waals surface area contributed by atoms with E-state index >= 15 is 0 Å². The van der Waals surface area contributed by atoms with Crippen LogP contribution in [0.3, 0.4) is 0 Å². The zero-order valence-corrected chi connectivity index (χ0v) is 14.1. The Morgan fingerprint density at radius 2 is 1.85 bits per heavy atom. The van der Waals surface area contributed by atoms with Gasteiger partial charge in [-0.05, 0) is 68.6 Å². The molecule has 0 heterocycles. The van der Waals surface area contributed by atoms with E-state index in [1.807, 2.05) is 0 Å². The molecule has 2 heteroatoms. The van der Waals surface area contributed by atoms with E-state index in [-0.39, 0.29) is 0 Å². The highest BCUT2D eigenvalue weighted by molar-refractivity contribution is 9.10. The van der Waals surface area contributed by atoms with Crippen LogP contribution in [0.2, 0.25) is 0 Å². The molecule has 1 aromatic carbocycles. The minimum atomic E-state index is 0.454. The summed E-state index contributed by atoms with van der Waals surface area (Å²) in [6.45, 7) is 2.29. The Bertz CT molecular complexity index is 440. The maximum atomic E-state index is 3.85. The van der Waals surface area contributed by atoms with E-state index in [0.29, 0.717) is 6.04 Å². The minimum Gasteiger partial charge on any atom is -0.307 e. The quantitative estimate of drug-likeness (QED) is 0.757. The molecule has 1 nitrogen and oxygen atoms in total. The molecular formula is C18H26BrN. The van der Waals surface area contributed by atoms with Gasteiger partial charge in [-0.15, -0.1) is 0 Å². The molecule has 2 aliphatic carbocycles. The van der Waals surface area contributed by atoms with E-state index in [0.717, 1.165) is 11.5 Å². The zero-order chi connectivity index (χ0) is 14.0. The normalized spacial score (nSPS) is 24.1. The van der Waals surface area contributed by atoms with Gasteiger partial charge >= 0.3 is 0 Å². The van der Waals surface area contributed by atoms with Crippen LogP contribution < -0.4 is 5.32 Å². The second-order valence-electron chi connectivity index (χ2n) is 6.92. The first-order valence-electron chi connectivity index (χ1n) is 8.18. The maximum absolute atomic E-state index is 3.85. The SMILES string of the molecule is C[C@H](NC1CCC2(CCCC2)CC1)c1cccc(Br)c1. The third-order valence-corrected chi connectivity index (χ3v) is 6.04. The van der Waals surface area contributed by atoms with Gasteiger partial charge in [-0.1, -0.05) is 40.9 Å². The molecule has 3 rings (SSSR count). The van der Waals surface area contributed by atoms with Gasteiger partial charge in [0.15, 0.2) is 0 Å². The molecule has 0 amide bonds. The number of benzene rings is 1. The van der Waals surface area contributed by atoms with Crippen LogP contribution in [0.5, 0.6) is 0 Å². The fourth-order valence-corrected chi connectivity index (χ4v) is 4.66. The summed E-state index contributed by atoms with van der Waals surface area (Å²) in [4.78, 5) is 0. The predicted molar refractivity (Wildman–Crippen MR) is 88.8 cm³/mol. The summed E-state index contributed by atoms with van der Waals surface area (Å²) in [7, 11) is 0. The van der Waals surface area contributed by atoms with Crippen molar-refractivity contribution in [3.05, 3.63) is 34.3 Å². The first kappa shape index (κ1) is 14.6. The third kappa shape index (κ3) is 3.28. The van der Waals surface area contributed by atoms with Gasteiger partial charge in [0.25, 0.3) is 0 Å². The molecule has 1 N–H and O–H groups in total. The highest BCUT2D eigenvalue weighted by Gasteiger charge is 2.37. The smallest absolute Gasteiger partial charge is 0.0294 e. The predicted octanol–water partition coefficient (Wildman–Crippen LogP) is 5.60. The number of nitrogens with one attached hydrogen (secondary N) is 1. The Labute approximate surface area is 131 Å². The molecule has 20 heavy (non-hydrogen) atoms. The molecular weight excluding hydrogens is 310 g/mol. The van der Waals surface area contributed by atoms with Crippen LogP contribution in [0.4, 0.5) is 0 Å². The lowest BCUT2D eigenvalue weighted by molar-refractivity contribution is 0.164. The fraction of sp³-hybridized carbons (Fsp3) is 0.667. The largest absolute Gasteiger partial charge is 0.307 e. The average molecular weight is 336 g/mol. The number of halogens is 1. The standard InChI is InChI=1S/C18H26BrN/c1-14(15-5-4-6-16(19)13-15)20-17-7-11-18(12-8-17)9-2-3-10-18/h4-6,13-14,17,20H,2-3,7-12H2,1H3/t14-/m0/s1. The lowest BCUT2D eigenvalue weighted by Crippen LogP contribution is -2.37. The van der Waals surface area contributed by atoms with Gasteiger partial charge in [0.1, 0.15) is 0 Å². The molecule has 110 valence electrons. The minimum absolute atomic E-state index is 0.454. The summed E-state index contributed by atoms with van der Waals surface area (Å²) < 4.78 is 1.18. The summed E-state index contributed by atoms with van der Waals surface area (Å²) >= 11 is 3.57. The Morgan fingerprint density at radius 1 is 1.15 bits per heavy atom. The van der Waals surface area contributed by atoms with E-state index in [4.69, 9.17) is 0 Å². The van der Waals surface area contributed by atoms with Crippen molar-refractivity contribution in [1.82, 2.24) is 5.32 Å². The molecule has 1 spiro atoms. The Balaban J connectivity index is 1.54. The van der Waals surface area contributed by atoms with Crippen molar-refractivity contribution in [3.8, 4) is 0 Å². The molecule has 2 aliphatic rings. The van der Waals surface area contributed by atoms with E-state index in [1.165, 1.54) is 61.4 Å². The molecule has 0 bridgehead atoms. The van der Waals surface area contributed by atoms with Crippen LogP contribution in [0, 0.1) is 5.41 Å². The molecule has 1 aromatic rings. The highest BCUT2D eigenvalue weighted by atomic mass is 79.9. The van der Waals surface area contributed by atoms with Gasteiger partial charge in [0, 0.05) is 16.6 Å². The molecule has 2 fully saturated rings. The van der Waals surface area contributed by atoms with Gasteiger partial charge in [0.2, 0.25) is 0 Å². The van der Waals surface area contributed by atoms with Crippen LogP contribution in [0.1, 0.15) is 69.9 Å². The van der Waals surface area contributed by atoms with E-state index in [2.05, 4.69) is 52.4 Å². The van der Waals surface area contributed by atoms with Crippen LogP contribution in [-0.4, -0.2) is 6.04 Å². The average Bonchev–Trinajstić information content (AvgIpc) is 2.90. The first-order chi connectivity index (χ1) is 9.67. The number of hydrogen-bond acceptors (Lipinski definition) is 1. The van der Waals surface area contributed by atoms with Crippen molar-refractivity contribution in [1.29, 1.82) is 0 Å². The molecule has 0 radical (unpaired) electrons. The monoisotopic (exact) mass is 335 g/mol.